The number of hydrogen-bond donors (Lipinski definition) is 1. The summed E-state index contributed by atoms with van der Waals surface area (Å²) >= 11 is 1.63. The van der Waals surface area contributed by atoms with Gasteiger partial charge >= 0.3 is 5.97 Å². The van der Waals surface area contributed by atoms with Crippen molar-refractivity contribution in [3.8, 4) is 0 Å². The van der Waals surface area contributed by atoms with Gasteiger partial charge in [0.25, 0.3) is 0 Å². The van der Waals surface area contributed by atoms with E-state index in [4.69, 9.17) is 5.11 Å². The molecule has 1 aromatic carbocycles. The van der Waals surface area contributed by atoms with E-state index < -0.39 is 5.97 Å². The summed E-state index contributed by atoms with van der Waals surface area (Å²) < 4.78 is -0.272. The first kappa shape index (κ1) is 13.1. The molecule has 0 saturated heterocycles. The van der Waals surface area contributed by atoms with Crippen molar-refractivity contribution in [1.29, 1.82) is 0 Å². The largest absolute Gasteiger partial charge is 0.481 e. The van der Waals surface area contributed by atoms with Crippen LogP contribution in [-0.2, 0) is 4.79 Å². The van der Waals surface area contributed by atoms with E-state index in [1.165, 1.54) is 11.1 Å². The van der Waals surface area contributed by atoms with E-state index in [9.17, 15) is 4.79 Å². The monoisotopic (exact) mass is 238 g/mol. The smallest absolute Gasteiger partial charge is 0.304 e. The fourth-order valence-electron chi connectivity index (χ4n) is 1.61. The standard InChI is InChI=1S/C13H18O2S/c1-9-5-6-11(10(2)7-9)16-13(3,4)8-12(14)15/h5-7H,8H2,1-4H3,(H,14,15). The van der Waals surface area contributed by atoms with Gasteiger partial charge in [0.2, 0.25) is 0 Å². The van der Waals surface area contributed by atoms with Crippen LogP contribution in [0.3, 0.4) is 0 Å². The van der Waals surface area contributed by atoms with Gasteiger partial charge in [-0.15, -0.1) is 11.8 Å². The van der Waals surface area contributed by atoms with E-state index in [1.54, 1.807) is 11.8 Å². The number of carboxylic acids is 1. The molecule has 0 amide bonds. The highest BCUT2D eigenvalue weighted by Crippen LogP contribution is 2.36. The van der Waals surface area contributed by atoms with Crippen LogP contribution in [0.25, 0.3) is 0 Å². The molecule has 1 aromatic rings. The number of thioether (sulfide) groups is 1. The van der Waals surface area contributed by atoms with Crippen LogP contribution in [0.1, 0.15) is 31.4 Å². The molecular weight excluding hydrogens is 220 g/mol. The molecule has 0 fully saturated rings. The van der Waals surface area contributed by atoms with Gasteiger partial charge in [0.15, 0.2) is 0 Å². The lowest BCUT2D eigenvalue weighted by atomic mass is 10.1. The third-order valence-electron chi connectivity index (χ3n) is 2.29. The zero-order valence-electron chi connectivity index (χ0n) is 10.2. The lowest BCUT2D eigenvalue weighted by molar-refractivity contribution is -0.137. The number of benzene rings is 1. The maximum atomic E-state index is 10.7. The quantitative estimate of drug-likeness (QED) is 0.814. The average Bonchev–Trinajstić information content (AvgIpc) is 2.07. The summed E-state index contributed by atoms with van der Waals surface area (Å²) in [6, 6.07) is 6.25. The second-order valence-corrected chi connectivity index (χ2v) is 6.45. The second kappa shape index (κ2) is 4.91. The highest BCUT2D eigenvalue weighted by Gasteiger charge is 2.23. The Morgan fingerprint density at radius 1 is 1.38 bits per heavy atom. The molecule has 0 aliphatic rings. The van der Waals surface area contributed by atoms with E-state index in [1.807, 2.05) is 13.8 Å². The van der Waals surface area contributed by atoms with Crippen molar-refractivity contribution in [2.24, 2.45) is 0 Å². The highest BCUT2D eigenvalue weighted by molar-refractivity contribution is 8.00. The summed E-state index contributed by atoms with van der Waals surface area (Å²) in [5, 5.41) is 8.83. The Labute approximate surface area is 101 Å². The van der Waals surface area contributed by atoms with Crippen molar-refractivity contribution in [2.75, 3.05) is 0 Å². The molecule has 0 heterocycles. The molecular formula is C13H18O2S. The third-order valence-corrected chi connectivity index (χ3v) is 3.67. The topological polar surface area (TPSA) is 37.3 Å². The van der Waals surface area contributed by atoms with Crippen molar-refractivity contribution in [3.63, 3.8) is 0 Å². The molecule has 1 N–H and O–H groups in total. The predicted molar refractivity (Wildman–Crippen MR) is 68.1 cm³/mol. The highest BCUT2D eigenvalue weighted by atomic mass is 32.2. The molecule has 0 spiro atoms. The van der Waals surface area contributed by atoms with Gasteiger partial charge in [-0.3, -0.25) is 4.79 Å². The summed E-state index contributed by atoms with van der Waals surface area (Å²) in [4.78, 5) is 11.9. The van der Waals surface area contributed by atoms with Gasteiger partial charge in [0, 0.05) is 9.64 Å². The second-order valence-electron chi connectivity index (χ2n) is 4.70. The first-order valence-corrected chi connectivity index (χ1v) is 6.10. The Bertz CT molecular complexity index is 397. The zero-order valence-corrected chi connectivity index (χ0v) is 11.0. The minimum absolute atomic E-state index is 0.172. The first-order valence-electron chi connectivity index (χ1n) is 5.28. The summed E-state index contributed by atoms with van der Waals surface area (Å²) in [5.41, 5.74) is 2.45. The van der Waals surface area contributed by atoms with E-state index >= 15 is 0 Å². The molecule has 3 heteroatoms. The number of carbonyl (C=O) groups is 1. The van der Waals surface area contributed by atoms with Gasteiger partial charge in [-0.25, -0.2) is 0 Å². The molecule has 16 heavy (non-hydrogen) atoms. The lowest BCUT2D eigenvalue weighted by Gasteiger charge is -2.22. The van der Waals surface area contributed by atoms with Gasteiger partial charge in [-0.05, 0) is 39.3 Å². The minimum Gasteiger partial charge on any atom is -0.481 e. The van der Waals surface area contributed by atoms with Gasteiger partial charge in [-0.1, -0.05) is 17.7 Å². The first-order chi connectivity index (χ1) is 7.30. The Morgan fingerprint density at radius 2 is 2.00 bits per heavy atom. The molecule has 0 radical (unpaired) electrons. The molecule has 88 valence electrons. The molecule has 2 nitrogen and oxygen atoms in total. The van der Waals surface area contributed by atoms with Crippen molar-refractivity contribution in [2.45, 2.75) is 43.8 Å². The summed E-state index contributed by atoms with van der Waals surface area (Å²) in [6.07, 6.45) is 0.172. The van der Waals surface area contributed by atoms with Crippen LogP contribution in [-0.4, -0.2) is 15.8 Å². The van der Waals surface area contributed by atoms with Gasteiger partial charge < -0.3 is 5.11 Å². The van der Waals surface area contributed by atoms with Gasteiger partial charge in [0.05, 0.1) is 6.42 Å². The maximum Gasteiger partial charge on any atom is 0.304 e. The number of rotatable bonds is 4. The average molecular weight is 238 g/mol. The minimum atomic E-state index is -0.748. The normalized spacial score (nSPS) is 11.5. The fourth-order valence-corrected chi connectivity index (χ4v) is 2.76. The van der Waals surface area contributed by atoms with Crippen LogP contribution in [0, 0.1) is 13.8 Å². The molecule has 0 aromatic heterocycles. The van der Waals surface area contributed by atoms with Gasteiger partial charge in [-0.2, -0.15) is 0 Å². The molecule has 0 aliphatic heterocycles. The van der Waals surface area contributed by atoms with E-state index in [-0.39, 0.29) is 11.2 Å². The van der Waals surface area contributed by atoms with Gasteiger partial charge in [0.1, 0.15) is 0 Å². The SMILES string of the molecule is Cc1ccc(SC(C)(C)CC(=O)O)c(C)c1. The lowest BCUT2D eigenvalue weighted by Crippen LogP contribution is -2.19. The molecule has 1 rings (SSSR count). The van der Waals surface area contributed by atoms with Crippen LogP contribution in [0.4, 0.5) is 0 Å². The maximum absolute atomic E-state index is 10.7. The molecule has 0 bridgehead atoms. The number of aliphatic carboxylic acids is 1. The van der Waals surface area contributed by atoms with Crippen LogP contribution in [0.15, 0.2) is 23.1 Å². The van der Waals surface area contributed by atoms with Crippen LogP contribution in [0.5, 0.6) is 0 Å². The fraction of sp³-hybridized carbons (Fsp3) is 0.462. The predicted octanol–water partition coefficient (Wildman–Crippen LogP) is 3.65. The summed E-state index contributed by atoms with van der Waals surface area (Å²) in [7, 11) is 0. The Morgan fingerprint density at radius 3 is 2.50 bits per heavy atom. The summed E-state index contributed by atoms with van der Waals surface area (Å²) in [5.74, 6) is -0.748. The third kappa shape index (κ3) is 3.89. The molecule has 0 aliphatic carbocycles. The molecule has 0 saturated carbocycles. The van der Waals surface area contributed by atoms with Crippen molar-refractivity contribution in [3.05, 3.63) is 29.3 Å². The molecule has 0 atom stereocenters. The number of carboxylic acid groups (broad SMARTS) is 1. The van der Waals surface area contributed by atoms with Crippen LogP contribution >= 0.6 is 11.8 Å². The number of hydrogen-bond acceptors (Lipinski definition) is 2. The summed E-state index contributed by atoms with van der Waals surface area (Å²) in [6.45, 7) is 8.05. The van der Waals surface area contributed by atoms with Crippen molar-refractivity contribution < 1.29 is 9.90 Å². The van der Waals surface area contributed by atoms with Crippen molar-refractivity contribution in [1.82, 2.24) is 0 Å². The van der Waals surface area contributed by atoms with E-state index in [0.29, 0.717) is 0 Å². The zero-order chi connectivity index (χ0) is 12.3. The van der Waals surface area contributed by atoms with Crippen LogP contribution in [0.2, 0.25) is 0 Å². The van der Waals surface area contributed by atoms with Crippen LogP contribution < -0.4 is 0 Å². The Hall–Kier alpha value is -0.960. The Balaban J connectivity index is 2.83. The molecule has 0 unspecified atom stereocenters. The van der Waals surface area contributed by atoms with Crippen molar-refractivity contribution >= 4 is 17.7 Å². The Kier molecular flexibility index (Phi) is 4.03. The van der Waals surface area contributed by atoms with E-state index in [2.05, 4.69) is 32.0 Å². The van der Waals surface area contributed by atoms with E-state index in [0.717, 1.165) is 4.90 Å². The number of aryl methyl sites for hydroxylation is 2.